The van der Waals surface area contributed by atoms with Gasteiger partial charge in [-0.15, -0.1) is 0 Å². The van der Waals surface area contributed by atoms with Gasteiger partial charge < -0.3 is 9.47 Å². The SMILES string of the molecule is CO/C=C1\C(=O)OC(=O)c2ccccc21. The first-order valence-electron chi connectivity index (χ1n) is 4.33. The van der Waals surface area contributed by atoms with Crippen LogP contribution in [0.2, 0.25) is 0 Å². The number of carbonyl (C=O) groups excluding carboxylic acids is 2. The summed E-state index contributed by atoms with van der Waals surface area (Å²) >= 11 is 0. The number of esters is 2. The molecule has 4 heteroatoms. The molecule has 0 spiro atoms. The molecule has 1 heterocycles. The average molecular weight is 204 g/mol. The molecule has 0 unspecified atom stereocenters. The molecule has 0 atom stereocenters. The van der Waals surface area contributed by atoms with Gasteiger partial charge in [-0.2, -0.15) is 0 Å². The largest absolute Gasteiger partial charge is 0.503 e. The molecule has 1 aromatic carbocycles. The number of rotatable bonds is 1. The van der Waals surface area contributed by atoms with Crippen molar-refractivity contribution in [3.63, 3.8) is 0 Å². The Hall–Kier alpha value is -2.10. The van der Waals surface area contributed by atoms with Crippen molar-refractivity contribution in [1.82, 2.24) is 0 Å². The lowest BCUT2D eigenvalue weighted by atomic mass is 9.98. The maximum atomic E-state index is 11.4. The van der Waals surface area contributed by atoms with E-state index in [1.165, 1.54) is 13.4 Å². The smallest absolute Gasteiger partial charge is 0.349 e. The highest BCUT2D eigenvalue weighted by Crippen LogP contribution is 2.26. The van der Waals surface area contributed by atoms with Crippen molar-refractivity contribution in [1.29, 1.82) is 0 Å². The minimum Gasteiger partial charge on any atom is -0.503 e. The molecule has 0 aliphatic carbocycles. The molecule has 76 valence electrons. The van der Waals surface area contributed by atoms with Crippen molar-refractivity contribution in [2.75, 3.05) is 7.11 Å². The Morgan fingerprint density at radius 3 is 2.47 bits per heavy atom. The molecule has 0 fully saturated rings. The number of hydrogen-bond acceptors (Lipinski definition) is 4. The highest BCUT2D eigenvalue weighted by Gasteiger charge is 2.29. The zero-order chi connectivity index (χ0) is 10.8. The summed E-state index contributed by atoms with van der Waals surface area (Å²) in [4.78, 5) is 22.7. The van der Waals surface area contributed by atoms with Crippen LogP contribution in [-0.4, -0.2) is 19.0 Å². The first-order valence-corrected chi connectivity index (χ1v) is 4.33. The van der Waals surface area contributed by atoms with E-state index in [9.17, 15) is 9.59 Å². The van der Waals surface area contributed by atoms with Gasteiger partial charge in [-0.3, -0.25) is 0 Å². The number of hydrogen-bond donors (Lipinski definition) is 0. The maximum absolute atomic E-state index is 11.4. The summed E-state index contributed by atoms with van der Waals surface area (Å²) in [6, 6.07) is 6.74. The Kier molecular flexibility index (Phi) is 2.25. The highest BCUT2D eigenvalue weighted by molar-refractivity contribution is 6.25. The van der Waals surface area contributed by atoms with E-state index in [2.05, 4.69) is 4.74 Å². The summed E-state index contributed by atoms with van der Waals surface area (Å²) in [5.74, 6) is -1.30. The summed E-state index contributed by atoms with van der Waals surface area (Å²) < 4.78 is 9.32. The summed E-state index contributed by atoms with van der Waals surface area (Å²) in [7, 11) is 1.43. The Balaban J connectivity index is 2.62. The van der Waals surface area contributed by atoms with Crippen LogP contribution in [0.3, 0.4) is 0 Å². The van der Waals surface area contributed by atoms with Gasteiger partial charge in [0.15, 0.2) is 0 Å². The molecule has 15 heavy (non-hydrogen) atoms. The molecule has 1 aliphatic rings. The van der Waals surface area contributed by atoms with Crippen molar-refractivity contribution >= 4 is 17.5 Å². The molecule has 2 rings (SSSR count). The molecule has 0 N–H and O–H groups in total. The Bertz CT molecular complexity index is 459. The second kappa shape index (κ2) is 3.57. The van der Waals surface area contributed by atoms with Crippen LogP contribution in [0.5, 0.6) is 0 Å². The van der Waals surface area contributed by atoms with E-state index in [-0.39, 0.29) is 5.57 Å². The lowest BCUT2D eigenvalue weighted by Gasteiger charge is -2.15. The van der Waals surface area contributed by atoms with Crippen LogP contribution in [0.1, 0.15) is 15.9 Å². The summed E-state index contributed by atoms with van der Waals surface area (Å²) in [5.41, 5.74) is 1.17. The number of ether oxygens (including phenoxy) is 2. The Morgan fingerprint density at radius 2 is 1.80 bits per heavy atom. The van der Waals surface area contributed by atoms with Crippen LogP contribution >= 0.6 is 0 Å². The first-order chi connectivity index (χ1) is 7.24. The van der Waals surface area contributed by atoms with Crippen LogP contribution in [0, 0.1) is 0 Å². The molecule has 1 aromatic rings. The zero-order valence-electron chi connectivity index (χ0n) is 8.02. The fourth-order valence-electron chi connectivity index (χ4n) is 1.43. The summed E-state index contributed by atoms with van der Waals surface area (Å²) in [6.07, 6.45) is 1.27. The van der Waals surface area contributed by atoms with Gasteiger partial charge in [-0.25, -0.2) is 9.59 Å². The fourth-order valence-corrected chi connectivity index (χ4v) is 1.43. The quantitative estimate of drug-likeness (QED) is 0.300. The van der Waals surface area contributed by atoms with Gasteiger partial charge in [-0.05, 0) is 6.07 Å². The molecular formula is C11H8O4. The standard InChI is InChI=1S/C11H8O4/c1-14-6-9-7-4-2-3-5-8(7)10(12)15-11(9)13/h2-6H,1H3/b9-6-. The number of carbonyl (C=O) groups is 2. The molecule has 0 amide bonds. The third-order valence-electron chi connectivity index (χ3n) is 2.08. The van der Waals surface area contributed by atoms with Gasteiger partial charge in [0.1, 0.15) is 5.57 Å². The lowest BCUT2D eigenvalue weighted by Crippen LogP contribution is -2.22. The number of cyclic esters (lactones) is 2. The second-order valence-corrected chi connectivity index (χ2v) is 2.99. The van der Waals surface area contributed by atoms with Crippen molar-refractivity contribution in [3.8, 4) is 0 Å². The van der Waals surface area contributed by atoms with E-state index >= 15 is 0 Å². The molecule has 0 radical (unpaired) electrons. The van der Waals surface area contributed by atoms with E-state index in [0.29, 0.717) is 11.1 Å². The first kappa shape index (κ1) is 9.45. The lowest BCUT2D eigenvalue weighted by molar-refractivity contribution is -0.131. The third-order valence-corrected chi connectivity index (χ3v) is 2.08. The second-order valence-electron chi connectivity index (χ2n) is 2.99. The molecule has 0 saturated carbocycles. The normalized spacial score (nSPS) is 17.3. The summed E-state index contributed by atoms with van der Waals surface area (Å²) in [6.45, 7) is 0. The number of fused-ring (bicyclic) bond motifs is 1. The van der Waals surface area contributed by atoms with Gasteiger partial charge >= 0.3 is 11.9 Å². The highest BCUT2D eigenvalue weighted by atomic mass is 16.6. The van der Waals surface area contributed by atoms with Gasteiger partial charge in [0, 0.05) is 5.56 Å². The third kappa shape index (κ3) is 1.50. The molecule has 0 bridgehead atoms. The van der Waals surface area contributed by atoms with Gasteiger partial charge in [0.25, 0.3) is 0 Å². The summed E-state index contributed by atoms with van der Waals surface area (Å²) in [5, 5.41) is 0. The predicted octanol–water partition coefficient (Wildman–Crippen LogP) is 1.37. The van der Waals surface area contributed by atoms with Crippen molar-refractivity contribution in [2.45, 2.75) is 0 Å². The minimum absolute atomic E-state index is 0.257. The van der Waals surface area contributed by atoms with Crippen LogP contribution in [0.4, 0.5) is 0 Å². The van der Waals surface area contributed by atoms with E-state index < -0.39 is 11.9 Å². The van der Waals surface area contributed by atoms with E-state index in [1.807, 2.05) is 0 Å². The van der Waals surface area contributed by atoms with Crippen LogP contribution < -0.4 is 0 Å². The van der Waals surface area contributed by atoms with Crippen molar-refractivity contribution in [2.24, 2.45) is 0 Å². The fraction of sp³-hybridized carbons (Fsp3) is 0.0909. The molecule has 1 aliphatic heterocycles. The average Bonchev–Trinajstić information content (AvgIpc) is 2.24. The molecule has 4 nitrogen and oxygen atoms in total. The van der Waals surface area contributed by atoms with Crippen molar-refractivity contribution < 1.29 is 19.1 Å². The van der Waals surface area contributed by atoms with Crippen LogP contribution in [-0.2, 0) is 14.3 Å². The molecular weight excluding hydrogens is 196 g/mol. The van der Waals surface area contributed by atoms with E-state index in [4.69, 9.17) is 4.74 Å². The Labute approximate surface area is 86.1 Å². The predicted molar refractivity (Wildman–Crippen MR) is 51.9 cm³/mol. The molecule has 0 aromatic heterocycles. The Morgan fingerprint density at radius 1 is 1.13 bits per heavy atom. The van der Waals surface area contributed by atoms with Crippen molar-refractivity contribution in [3.05, 3.63) is 41.7 Å². The van der Waals surface area contributed by atoms with Gasteiger partial charge in [0.2, 0.25) is 0 Å². The molecule has 0 saturated heterocycles. The topological polar surface area (TPSA) is 52.6 Å². The number of benzene rings is 1. The van der Waals surface area contributed by atoms with Gasteiger partial charge in [0.05, 0.1) is 18.9 Å². The van der Waals surface area contributed by atoms with Crippen LogP contribution in [0.15, 0.2) is 30.5 Å². The van der Waals surface area contributed by atoms with Gasteiger partial charge in [-0.1, -0.05) is 18.2 Å². The maximum Gasteiger partial charge on any atom is 0.349 e. The number of methoxy groups -OCH3 is 1. The minimum atomic E-state index is -0.680. The zero-order valence-corrected chi connectivity index (χ0v) is 8.02. The monoisotopic (exact) mass is 204 g/mol. The van der Waals surface area contributed by atoms with E-state index in [0.717, 1.165) is 0 Å². The van der Waals surface area contributed by atoms with E-state index in [1.54, 1.807) is 24.3 Å². The van der Waals surface area contributed by atoms with Crippen LogP contribution in [0.25, 0.3) is 5.57 Å².